The van der Waals surface area contributed by atoms with Crippen molar-refractivity contribution in [3.8, 4) is 0 Å². The van der Waals surface area contributed by atoms with Crippen LogP contribution < -0.4 is 5.32 Å². The normalized spacial score (nSPS) is 11.8. The smallest absolute Gasteiger partial charge is 0.449 e. The van der Waals surface area contributed by atoms with Crippen molar-refractivity contribution >= 4 is 17.1 Å². The molecular formula is C14H11F3N4O2. The van der Waals surface area contributed by atoms with E-state index in [9.17, 15) is 18.0 Å². The zero-order chi connectivity index (χ0) is 16.4. The van der Waals surface area contributed by atoms with Crippen LogP contribution in [0.4, 0.5) is 13.2 Å². The van der Waals surface area contributed by atoms with E-state index < -0.39 is 17.9 Å². The molecule has 3 aromatic rings. The van der Waals surface area contributed by atoms with E-state index >= 15 is 0 Å². The second kappa shape index (κ2) is 5.75. The number of fused-ring (bicyclic) bond motifs is 1. The first-order valence-corrected chi connectivity index (χ1v) is 6.67. The van der Waals surface area contributed by atoms with Gasteiger partial charge in [0.25, 0.3) is 5.91 Å². The van der Waals surface area contributed by atoms with Crippen LogP contribution in [0.15, 0.2) is 41.1 Å². The third kappa shape index (κ3) is 3.03. The highest BCUT2D eigenvalue weighted by atomic mass is 19.4. The molecule has 3 aromatic heterocycles. The largest absolute Gasteiger partial charge is 0.459 e. The van der Waals surface area contributed by atoms with E-state index in [1.807, 2.05) is 0 Å². The van der Waals surface area contributed by atoms with Gasteiger partial charge in [0.1, 0.15) is 5.52 Å². The van der Waals surface area contributed by atoms with Gasteiger partial charge in [0.05, 0.1) is 6.26 Å². The van der Waals surface area contributed by atoms with Crippen LogP contribution in [0.25, 0.3) is 11.2 Å². The molecule has 0 spiro atoms. The highest BCUT2D eigenvalue weighted by molar-refractivity contribution is 5.91. The number of hydrogen-bond acceptors (Lipinski definition) is 4. The molecule has 0 aliphatic heterocycles. The van der Waals surface area contributed by atoms with E-state index in [4.69, 9.17) is 4.42 Å². The Bertz CT molecular complexity index is 824. The van der Waals surface area contributed by atoms with Crippen LogP contribution in [0.3, 0.4) is 0 Å². The lowest BCUT2D eigenvalue weighted by Crippen LogP contribution is -2.28. The average molecular weight is 324 g/mol. The number of aromatic nitrogens is 3. The Morgan fingerprint density at radius 1 is 1.30 bits per heavy atom. The number of furan rings is 1. The van der Waals surface area contributed by atoms with Crippen molar-refractivity contribution in [2.45, 2.75) is 12.7 Å². The van der Waals surface area contributed by atoms with Gasteiger partial charge in [-0.25, -0.2) is 9.97 Å². The van der Waals surface area contributed by atoms with Gasteiger partial charge >= 0.3 is 6.18 Å². The zero-order valence-corrected chi connectivity index (χ0v) is 11.7. The number of nitrogens with zero attached hydrogens (tertiary/aromatic N) is 3. The lowest BCUT2D eigenvalue weighted by Gasteiger charge is -2.11. The van der Waals surface area contributed by atoms with Crippen molar-refractivity contribution in [3.63, 3.8) is 0 Å². The fourth-order valence-corrected chi connectivity index (χ4v) is 2.16. The summed E-state index contributed by atoms with van der Waals surface area (Å²) in [4.78, 5) is 19.2. The summed E-state index contributed by atoms with van der Waals surface area (Å²) in [5.41, 5.74) is 0.268. The van der Waals surface area contributed by atoms with Gasteiger partial charge in [-0.3, -0.25) is 4.79 Å². The highest BCUT2D eigenvalue weighted by Gasteiger charge is 2.37. The van der Waals surface area contributed by atoms with Gasteiger partial charge in [-0.05, 0) is 24.3 Å². The molecule has 23 heavy (non-hydrogen) atoms. The number of carbonyl (C=O) groups excluding carboxylic acids is 1. The molecule has 0 aliphatic rings. The predicted molar refractivity (Wildman–Crippen MR) is 73.6 cm³/mol. The second-order valence-corrected chi connectivity index (χ2v) is 4.66. The maximum absolute atomic E-state index is 13.1. The summed E-state index contributed by atoms with van der Waals surface area (Å²) in [7, 11) is 0. The average Bonchev–Trinajstić information content (AvgIpc) is 3.14. The van der Waals surface area contributed by atoms with E-state index in [1.54, 1.807) is 6.07 Å². The second-order valence-electron chi connectivity index (χ2n) is 4.66. The quantitative estimate of drug-likeness (QED) is 0.800. The Balaban J connectivity index is 1.80. The zero-order valence-electron chi connectivity index (χ0n) is 11.7. The molecule has 3 rings (SSSR count). The van der Waals surface area contributed by atoms with Crippen LogP contribution in [0.1, 0.15) is 16.4 Å². The molecule has 0 aliphatic carbocycles. The first kappa shape index (κ1) is 15.1. The molecule has 120 valence electrons. The van der Waals surface area contributed by atoms with Crippen LogP contribution >= 0.6 is 0 Å². The van der Waals surface area contributed by atoms with Gasteiger partial charge in [-0.15, -0.1) is 0 Å². The third-order valence-electron chi connectivity index (χ3n) is 3.12. The number of nitrogens with one attached hydrogen (secondary N) is 1. The minimum Gasteiger partial charge on any atom is -0.459 e. The van der Waals surface area contributed by atoms with Crippen LogP contribution in [-0.4, -0.2) is 27.0 Å². The van der Waals surface area contributed by atoms with Crippen molar-refractivity contribution in [1.82, 2.24) is 19.9 Å². The molecule has 9 heteroatoms. The van der Waals surface area contributed by atoms with Gasteiger partial charge in [0.15, 0.2) is 11.4 Å². The molecule has 0 fully saturated rings. The van der Waals surface area contributed by atoms with Crippen molar-refractivity contribution < 1.29 is 22.4 Å². The van der Waals surface area contributed by atoms with Gasteiger partial charge < -0.3 is 14.3 Å². The molecule has 0 unspecified atom stereocenters. The molecule has 0 saturated heterocycles. The molecule has 0 radical (unpaired) electrons. The number of imidazole rings is 1. The molecule has 0 atom stereocenters. The number of rotatable bonds is 4. The SMILES string of the molecule is O=C(NCCn1c(C(F)(F)F)nc2cccnc21)c1ccco1. The summed E-state index contributed by atoms with van der Waals surface area (Å²) in [6.45, 7) is -0.139. The fraction of sp³-hybridized carbons (Fsp3) is 0.214. The molecule has 3 heterocycles. The van der Waals surface area contributed by atoms with E-state index in [0.29, 0.717) is 0 Å². The van der Waals surface area contributed by atoms with Gasteiger partial charge in [-0.2, -0.15) is 13.2 Å². The molecular weight excluding hydrogens is 313 g/mol. The lowest BCUT2D eigenvalue weighted by molar-refractivity contribution is -0.146. The summed E-state index contributed by atoms with van der Waals surface area (Å²) < 4.78 is 45.1. The van der Waals surface area contributed by atoms with Gasteiger partial charge in [0.2, 0.25) is 5.82 Å². The van der Waals surface area contributed by atoms with Gasteiger partial charge in [0, 0.05) is 19.3 Å². The Morgan fingerprint density at radius 3 is 2.83 bits per heavy atom. The fourth-order valence-electron chi connectivity index (χ4n) is 2.16. The maximum atomic E-state index is 13.1. The van der Waals surface area contributed by atoms with Crippen LogP contribution in [0.5, 0.6) is 0 Å². The van der Waals surface area contributed by atoms with Crippen LogP contribution in [0.2, 0.25) is 0 Å². The highest BCUT2D eigenvalue weighted by Crippen LogP contribution is 2.30. The number of amides is 1. The van der Waals surface area contributed by atoms with Crippen LogP contribution in [-0.2, 0) is 12.7 Å². The first-order chi connectivity index (χ1) is 11.0. The topological polar surface area (TPSA) is 73.0 Å². The minimum absolute atomic E-state index is 0.0232. The van der Waals surface area contributed by atoms with E-state index in [2.05, 4.69) is 15.3 Å². The Morgan fingerprint density at radius 2 is 2.13 bits per heavy atom. The Hall–Kier alpha value is -2.84. The van der Waals surface area contributed by atoms with Crippen molar-refractivity contribution in [2.24, 2.45) is 0 Å². The maximum Gasteiger partial charge on any atom is 0.449 e. The van der Waals surface area contributed by atoms with Crippen molar-refractivity contribution in [1.29, 1.82) is 0 Å². The molecule has 0 saturated carbocycles. The summed E-state index contributed by atoms with van der Waals surface area (Å²) in [5.74, 6) is -1.45. The minimum atomic E-state index is -4.61. The first-order valence-electron chi connectivity index (χ1n) is 6.67. The van der Waals surface area contributed by atoms with Crippen molar-refractivity contribution in [3.05, 3.63) is 48.3 Å². The molecule has 0 aromatic carbocycles. The number of hydrogen-bond donors (Lipinski definition) is 1. The standard InChI is InChI=1S/C14H11F3N4O2/c15-14(16,17)13-20-9-3-1-5-18-11(9)21(13)7-6-19-12(22)10-4-2-8-23-10/h1-5,8H,6-7H2,(H,19,22). The summed E-state index contributed by atoms with van der Waals surface area (Å²) in [5, 5.41) is 2.49. The van der Waals surface area contributed by atoms with E-state index in [0.717, 1.165) is 4.57 Å². The third-order valence-corrected chi connectivity index (χ3v) is 3.12. The predicted octanol–water partition coefficient (Wildman–Crippen LogP) is 2.47. The summed E-state index contributed by atoms with van der Waals surface area (Å²) >= 11 is 0. The molecule has 6 nitrogen and oxygen atoms in total. The Labute approximate surface area is 127 Å². The van der Waals surface area contributed by atoms with Crippen LogP contribution in [0, 0.1) is 0 Å². The lowest BCUT2D eigenvalue weighted by atomic mass is 10.4. The number of pyridine rings is 1. The number of carbonyl (C=O) groups is 1. The number of alkyl halides is 3. The van der Waals surface area contributed by atoms with E-state index in [1.165, 1.54) is 30.7 Å². The molecule has 1 amide bonds. The Kier molecular flexibility index (Phi) is 3.77. The van der Waals surface area contributed by atoms with Crippen molar-refractivity contribution in [2.75, 3.05) is 6.54 Å². The molecule has 0 bridgehead atoms. The van der Waals surface area contributed by atoms with E-state index in [-0.39, 0.29) is 30.0 Å². The monoisotopic (exact) mass is 324 g/mol. The summed E-state index contributed by atoms with van der Waals surface area (Å²) in [6, 6.07) is 5.97. The number of halogens is 3. The molecule has 1 N–H and O–H groups in total. The summed E-state index contributed by atoms with van der Waals surface area (Å²) in [6.07, 6.45) is -1.88. The van der Waals surface area contributed by atoms with Gasteiger partial charge in [-0.1, -0.05) is 0 Å².